The highest BCUT2D eigenvalue weighted by Gasteiger charge is 2.36. The summed E-state index contributed by atoms with van der Waals surface area (Å²) in [5.74, 6) is -0.0527. The third kappa shape index (κ3) is 10.2. The predicted octanol–water partition coefficient (Wildman–Crippen LogP) is 4.23. The van der Waals surface area contributed by atoms with Crippen LogP contribution in [0.3, 0.4) is 0 Å². The first kappa shape index (κ1) is 29.6. The van der Waals surface area contributed by atoms with Crippen LogP contribution in [0, 0.1) is 0 Å². The predicted molar refractivity (Wildman–Crippen MR) is 137 cm³/mol. The summed E-state index contributed by atoms with van der Waals surface area (Å²) in [6, 6.07) is 4.43. The van der Waals surface area contributed by atoms with Gasteiger partial charge < -0.3 is 25.4 Å². The van der Waals surface area contributed by atoms with Crippen molar-refractivity contribution in [2.45, 2.75) is 84.5 Å². The molecule has 3 N–H and O–H groups in total. The van der Waals surface area contributed by atoms with Crippen molar-refractivity contribution in [3.05, 3.63) is 29.8 Å². The normalized spacial score (nSPS) is 13.2. The molecule has 0 fully saturated rings. The zero-order chi connectivity index (χ0) is 25.9. The number of ether oxygens (including phenoxy) is 1. The van der Waals surface area contributed by atoms with E-state index in [1.807, 2.05) is 27.0 Å². The van der Waals surface area contributed by atoms with Gasteiger partial charge in [0.05, 0.1) is 0 Å². The lowest BCUT2D eigenvalue weighted by atomic mass is 10.0. The minimum absolute atomic E-state index is 0.00792. The van der Waals surface area contributed by atoms with Crippen molar-refractivity contribution in [3.63, 3.8) is 0 Å². The molecule has 0 heterocycles. The van der Waals surface area contributed by atoms with Gasteiger partial charge in [0.2, 0.25) is 11.8 Å². The molecule has 3 amide bonds. The second-order valence-electron chi connectivity index (χ2n) is 9.53. The van der Waals surface area contributed by atoms with Crippen LogP contribution >= 0.6 is 11.8 Å². The molecule has 2 atom stereocenters. The molecule has 0 aliphatic carbocycles. The second-order valence-corrected chi connectivity index (χ2v) is 10.5. The highest BCUT2D eigenvalue weighted by Crippen LogP contribution is 2.26. The van der Waals surface area contributed by atoms with E-state index in [0.29, 0.717) is 30.7 Å². The monoisotopic (exact) mass is 495 g/mol. The SMILES string of the molecule is CCCCN(C(=O)C(CCSC)NC(=O)OC(C)(C)C)C(C(=O)NC(C)C)c1cccc(O)c1. The molecule has 192 valence electrons. The van der Waals surface area contributed by atoms with Crippen LogP contribution in [0.4, 0.5) is 4.79 Å². The van der Waals surface area contributed by atoms with Crippen molar-refractivity contribution in [2.75, 3.05) is 18.6 Å². The molecule has 0 saturated carbocycles. The topological polar surface area (TPSA) is 108 Å². The minimum Gasteiger partial charge on any atom is -0.508 e. The summed E-state index contributed by atoms with van der Waals surface area (Å²) in [6.45, 7) is 11.3. The number of alkyl carbamates (subject to hydrolysis) is 1. The molecule has 0 bridgehead atoms. The third-order valence-corrected chi connectivity index (χ3v) is 5.46. The van der Waals surface area contributed by atoms with Crippen LogP contribution in [0.5, 0.6) is 5.75 Å². The Balaban J connectivity index is 3.41. The number of amides is 3. The number of phenolic OH excluding ortho intramolecular Hbond substituents is 1. The Morgan fingerprint density at radius 2 is 1.85 bits per heavy atom. The highest BCUT2D eigenvalue weighted by molar-refractivity contribution is 7.98. The second kappa shape index (κ2) is 14.1. The van der Waals surface area contributed by atoms with E-state index in [0.717, 1.165) is 6.42 Å². The van der Waals surface area contributed by atoms with Crippen molar-refractivity contribution in [1.29, 1.82) is 0 Å². The van der Waals surface area contributed by atoms with Crippen molar-refractivity contribution in [3.8, 4) is 5.75 Å². The van der Waals surface area contributed by atoms with Crippen LogP contribution < -0.4 is 10.6 Å². The highest BCUT2D eigenvalue weighted by atomic mass is 32.2. The van der Waals surface area contributed by atoms with Crippen molar-refractivity contribution in [1.82, 2.24) is 15.5 Å². The standard InChI is InChI=1S/C25H41N3O5S/c1-8-9-14-28(21(22(30)26-17(2)3)18-11-10-12-19(29)16-18)23(31)20(13-15-34-7)27-24(32)33-25(4,5)6/h10-12,16-17,20-21,29H,8-9,13-15H2,1-7H3,(H,26,30)(H,27,32). The molecule has 1 rings (SSSR count). The summed E-state index contributed by atoms with van der Waals surface area (Å²) in [6.07, 6.45) is 3.13. The lowest BCUT2D eigenvalue weighted by Crippen LogP contribution is -2.53. The first-order valence-electron chi connectivity index (χ1n) is 11.8. The van der Waals surface area contributed by atoms with Gasteiger partial charge in [0.25, 0.3) is 0 Å². The number of benzene rings is 1. The Bertz CT molecular complexity index is 810. The van der Waals surface area contributed by atoms with Gasteiger partial charge in [-0.2, -0.15) is 11.8 Å². The largest absolute Gasteiger partial charge is 0.508 e. The fourth-order valence-electron chi connectivity index (χ4n) is 3.37. The average molecular weight is 496 g/mol. The third-order valence-electron chi connectivity index (χ3n) is 4.81. The quantitative estimate of drug-likeness (QED) is 0.400. The molecule has 0 radical (unpaired) electrons. The molecule has 0 aromatic heterocycles. The summed E-state index contributed by atoms with van der Waals surface area (Å²) in [5.41, 5.74) is -0.205. The Morgan fingerprint density at radius 1 is 1.18 bits per heavy atom. The number of carbonyl (C=O) groups is 3. The number of nitrogens with one attached hydrogen (secondary N) is 2. The van der Waals surface area contributed by atoms with E-state index in [9.17, 15) is 19.5 Å². The lowest BCUT2D eigenvalue weighted by molar-refractivity contribution is -0.142. The lowest BCUT2D eigenvalue weighted by Gasteiger charge is -2.35. The number of unbranched alkanes of at least 4 members (excludes halogenated alkanes) is 1. The van der Waals surface area contributed by atoms with Crippen LogP contribution in [0.15, 0.2) is 24.3 Å². The maximum Gasteiger partial charge on any atom is 0.408 e. The van der Waals surface area contributed by atoms with E-state index in [4.69, 9.17) is 4.74 Å². The molecule has 1 aromatic rings. The number of aromatic hydroxyl groups is 1. The zero-order valence-corrected chi connectivity index (χ0v) is 22.3. The van der Waals surface area contributed by atoms with Gasteiger partial charge in [-0.05, 0) is 77.2 Å². The summed E-state index contributed by atoms with van der Waals surface area (Å²) in [5, 5.41) is 15.7. The summed E-state index contributed by atoms with van der Waals surface area (Å²) in [4.78, 5) is 41.2. The number of rotatable bonds is 12. The number of phenols is 1. The number of hydrogen-bond donors (Lipinski definition) is 3. The van der Waals surface area contributed by atoms with E-state index in [2.05, 4.69) is 10.6 Å². The van der Waals surface area contributed by atoms with Gasteiger partial charge >= 0.3 is 6.09 Å². The number of thioether (sulfide) groups is 1. The molecule has 0 spiro atoms. The Labute approximate surface area is 208 Å². The van der Waals surface area contributed by atoms with Gasteiger partial charge in [0.1, 0.15) is 23.4 Å². The first-order chi connectivity index (χ1) is 15.9. The van der Waals surface area contributed by atoms with E-state index in [-0.39, 0.29) is 23.6 Å². The minimum atomic E-state index is -0.953. The van der Waals surface area contributed by atoms with Gasteiger partial charge in [-0.3, -0.25) is 9.59 Å². The fourth-order valence-corrected chi connectivity index (χ4v) is 3.84. The Hall–Kier alpha value is -2.42. The van der Waals surface area contributed by atoms with Crippen LogP contribution in [-0.4, -0.2) is 64.2 Å². The smallest absolute Gasteiger partial charge is 0.408 e. The molecule has 0 aliphatic heterocycles. The van der Waals surface area contributed by atoms with E-state index >= 15 is 0 Å². The average Bonchev–Trinajstić information content (AvgIpc) is 2.71. The molecular weight excluding hydrogens is 454 g/mol. The van der Waals surface area contributed by atoms with Crippen molar-refractivity contribution in [2.24, 2.45) is 0 Å². The van der Waals surface area contributed by atoms with Crippen LogP contribution in [-0.2, 0) is 14.3 Å². The van der Waals surface area contributed by atoms with Gasteiger partial charge in [0.15, 0.2) is 0 Å². The summed E-state index contributed by atoms with van der Waals surface area (Å²) >= 11 is 1.56. The van der Waals surface area contributed by atoms with Crippen LogP contribution in [0.2, 0.25) is 0 Å². The Kier molecular flexibility index (Phi) is 12.3. The summed E-state index contributed by atoms with van der Waals surface area (Å²) in [7, 11) is 0. The van der Waals surface area contributed by atoms with E-state index in [1.165, 1.54) is 17.0 Å². The maximum atomic E-state index is 13.9. The van der Waals surface area contributed by atoms with Gasteiger partial charge in [0, 0.05) is 12.6 Å². The maximum absolute atomic E-state index is 13.9. The molecule has 8 nitrogen and oxygen atoms in total. The van der Waals surface area contributed by atoms with Crippen molar-refractivity contribution < 1.29 is 24.2 Å². The molecule has 1 aromatic carbocycles. The van der Waals surface area contributed by atoms with E-state index < -0.39 is 23.8 Å². The molecule has 34 heavy (non-hydrogen) atoms. The van der Waals surface area contributed by atoms with Gasteiger partial charge in [-0.15, -0.1) is 0 Å². The fraction of sp³-hybridized carbons (Fsp3) is 0.640. The number of carbonyl (C=O) groups excluding carboxylic acids is 3. The van der Waals surface area contributed by atoms with Gasteiger partial charge in [-0.1, -0.05) is 25.5 Å². The number of hydrogen-bond acceptors (Lipinski definition) is 6. The van der Waals surface area contributed by atoms with Crippen molar-refractivity contribution >= 4 is 29.7 Å². The molecule has 9 heteroatoms. The molecule has 0 aliphatic rings. The number of nitrogens with zero attached hydrogens (tertiary/aromatic N) is 1. The zero-order valence-electron chi connectivity index (χ0n) is 21.5. The van der Waals surface area contributed by atoms with Crippen LogP contribution in [0.1, 0.15) is 72.4 Å². The molecule has 2 unspecified atom stereocenters. The van der Waals surface area contributed by atoms with E-state index in [1.54, 1.807) is 44.7 Å². The first-order valence-corrected chi connectivity index (χ1v) is 13.2. The molecule has 0 saturated heterocycles. The van der Waals surface area contributed by atoms with Gasteiger partial charge in [-0.25, -0.2) is 4.79 Å². The molecular formula is C25H41N3O5S. The Morgan fingerprint density at radius 3 is 2.38 bits per heavy atom. The van der Waals surface area contributed by atoms with Crippen LogP contribution in [0.25, 0.3) is 0 Å². The summed E-state index contributed by atoms with van der Waals surface area (Å²) < 4.78 is 5.38.